The van der Waals surface area contributed by atoms with Gasteiger partial charge < -0.3 is 0 Å². The molecule has 2 aromatic rings. The van der Waals surface area contributed by atoms with Gasteiger partial charge in [0.05, 0.1) is 10.7 Å². The second-order valence-corrected chi connectivity index (χ2v) is 2.99. The molecule has 2 heterocycles. The third kappa shape index (κ3) is 1.53. The topological polar surface area (TPSA) is 54.5 Å². The number of nitrogens with one attached hydrogen (secondary N) is 1. The molecule has 0 aromatic carbocycles. The van der Waals surface area contributed by atoms with Crippen molar-refractivity contribution < 1.29 is 0 Å². The first-order chi connectivity index (χ1) is 6.27. The molecule has 0 unspecified atom stereocenters. The molecule has 0 amide bonds. The van der Waals surface area contributed by atoms with Crippen LogP contribution in [-0.2, 0) is 0 Å². The summed E-state index contributed by atoms with van der Waals surface area (Å²) in [6.07, 6.45) is 3.24. The maximum atomic E-state index is 5.91. The number of aromatic nitrogens is 4. The summed E-state index contributed by atoms with van der Waals surface area (Å²) in [5, 5.41) is 7.15. The van der Waals surface area contributed by atoms with Gasteiger partial charge >= 0.3 is 0 Å². The van der Waals surface area contributed by atoms with Gasteiger partial charge in [0.15, 0.2) is 0 Å². The zero-order chi connectivity index (χ0) is 9.26. The van der Waals surface area contributed by atoms with E-state index in [1.54, 1.807) is 12.4 Å². The van der Waals surface area contributed by atoms with Gasteiger partial charge in [-0.3, -0.25) is 5.10 Å². The van der Waals surface area contributed by atoms with Crippen LogP contribution in [0.1, 0.15) is 5.82 Å². The molecule has 13 heavy (non-hydrogen) atoms. The van der Waals surface area contributed by atoms with Crippen molar-refractivity contribution in [3.8, 4) is 11.4 Å². The van der Waals surface area contributed by atoms with Gasteiger partial charge in [0.2, 0.25) is 0 Å². The van der Waals surface area contributed by atoms with Crippen molar-refractivity contribution in [2.45, 2.75) is 6.92 Å². The Kier molecular flexibility index (Phi) is 1.98. The zero-order valence-corrected chi connectivity index (χ0v) is 7.71. The first-order valence-corrected chi connectivity index (χ1v) is 4.14. The van der Waals surface area contributed by atoms with Crippen molar-refractivity contribution in [3.63, 3.8) is 0 Å². The van der Waals surface area contributed by atoms with E-state index in [9.17, 15) is 0 Å². The highest BCUT2D eigenvalue weighted by Crippen LogP contribution is 2.22. The van der Waals surface area contributed by atoms with Crippen LogP contribution in [0.2, 0.25) is 5.02 Å². The summed E-state index contributed by atoms with van der Waals surface area (Å²) in [6.45, 7) is 1.82. The summed E-state index contributed by atoms with van der Waals surface area (Å²) in [7, 11) is 0. The summed E-state index contributed by atoms with van der Waals surface area (Å²) >= 11 is 5.91. The van der Waals surface area contributed by atoms with E-state index in [-0.39, 0.29) is 0 Å². The third-order valence-corrected chi connectivity index (χ3v) is 1.90. The van der Waals surface area contributed by atoms with Crippen LogP contribution in [0.15, 0.2) is 18.5 Å². The lowest BCUT2D eigenvalue weighted by molar-refractivity contribution is 1.03. The number of hydrogen-bond donors (Lipinski definition) is 1. The molecule has 4 nitrogen and oxygen atoms in total. The second-order valence-electron chi connectivity index (χ2n) is 2.58. The first-order valence-electron chi connectivity index (χ1n) is 3.76. The first kappa shape index (κ1) is 8.19. The van der Waals surface area contributed by atoms with Gasteiger partial charge in [-0.25, -0.2) is 9.97 Å². The molecule has 2 rings (SSSR count). The Hall–Kier alpha value is -1.42. The van der Waals surface area contributed by atoms with Crippen LogP contribution in [0.5, 0.6) is 0 Å². The SMILES string of the molecule is Cc1ncc(Cl)c(-c2ccn[nH]2)n1. The van der Waals surface area contributed by atoms with Gasteiger partial charge in [0, 0.05) is 12.4 Å². The summed E-state index contributed by atoms with van der Waals surface area (Å²) in [6, 6.07) is 1.81. The van der Waals surface area contributed by atoms with Crippen LogP contribution >= 0.6 is 11.6 Å². The van der Waals surface area contributed by atoms with E-state index in [0.29, 0.717) is 16.5 Å². The standard InChI is InChI=1S/C8H7ClN4/c1-5-10-4-6(9)8(12-5)7-2-3-11-13-7/h2-4H,1H3,(H,11,13). The molecule has 0 saturated carbocycles. The minimum atomic E-state index is 0.523. The molecule has 1 N–H and O–H groups in total. The highest BCUT2D eigenvalue weighted by Gasteiger charge is 2.06. The maximum Gasteiger partial charge on any atom is 0.126 e. The van der Waals surface area contributed by atoms with Crippen molar-refractivity contribution in [3.05, 3.63) is 29.3 Å². The summed E-state index contributed by atoms with van der Waals surface area (Å²) in [4.78, 5) is 8.17. The summed E-state index contributed by atoms with van der Waals surface area (Å²) in [5.74, 6) is 0.689. The van der Waals surface area contributed by atoms with Gasteiger partial charge in [0.1, 0.15) is 11.5 Å². The Morgan fingerprint density at radius 1 is 1.46 bits per heavy atom. The van der Waals surface area contributed by atoms with E-state index >= 15 is 0 Å². The number of halogens is 1. The van der Waals surface area contributed by atoms with E-state index in [0.717, 1.165) is 5.69 Å². The number of H-pyrrole nitrogens is 1. The van der Waals surface area contributed by atoms with Gasteiger partial charge in [-0.15, -0.1) is 0 Å². The predicted molar refractivity (Wildman–Crippen MR) is 49.4 cm³/mol. The summed E-state index contributed by atoms with van der Waals surface area (Å²) < 4.78 is 0. The van der Waals surface area contributed by atoms with Crippen LogP contribution in [0.25, 0.3) is 11.4 Å². The van der Waals surface area contributed by atoms with Crippen LogP contribution in [0.4, 0.5) is 0 Å². The fourth-order valence-corrected chi connectivity index (χ4v) is 1.22. The quantitative estimate of drug-likeness (QED) is 0.754. The predicted octanol–water partition coefficient (Wildman–Crippen LogP) is 1.83. The molecule has 2 aromatic heterocycles. The lowest BCUT2D eigenvalue weighted by Gasteiger charge is -1.99. The Morgan fingerprint density at radius 3 is 3.00 bits per heavy atom. The van der Waals surface area contributed by atoms with Crippen molar-refractivity contribution in [2.24, 2.45) is 0 Å². The van der Waals surface area contributed by atoms with Crippen molar-refractivity contribution in [1.29, 1.82) is 0 Å². The smallest absolute Gasteiger partial charge is 0.126 e. The maximum absolute atomic E-state index is 5.91. The molecule has 0 bridgehead atoms. The van der Waals surface area contributed by atoms with Crippen LogP contribution in [0.3, 0.4) is 0 Å². The highest BCUT2D eigenvalue weighted by atomic mass is 35.5. The largest absolute Gasteiger partial charge is 0.276 e. The molecule has 0 fully saturated rings. The van der Waals surface area contributed by atoms with Crippen molar-refractivity contribution in [1.82, 2.24) is 20.2 Å². The molecule has 66 valence electrons. The molecule has 0 aliphatic carbocycles. The summed E-state index contributed by atoms with van der Waals surface area (Å²) in [5.41, 5.74) is 1.49. The number of hydrogen-bond acceptors (Lipinski definition) is 3. The van der Waals surface area contributed by atoms with Gasteiger partial charge in [-0.05, 0) is 13.0 Å². The molecule has 5 heteroatoms. The number of nitrogens with zero attached hydrogens (tertiary/aromatic N) is 3. The fraction of sp³-hybridized carbons (Fsp3) is 0.125. The molecule has 0 aliphatic rings. The van der Waals surface area contributed by atoms with Crippen molar-refractivity contribution in [2.75, 3.05) is 0 Å². The fourth-order valence-electron chi connectivity index (χ4n) is 1.03. The van der Waals surface area contributed by atoms with E-state index in [4.69, 9.17) is 11.6 Å². The molecular weight excluding hydrogens is 188 g/mol. The van der Waals surface area contributed by atoms with E-state index < -0.39 is 0 Å². The average Bonchev–Trinajstić information content (AvgIpc) is 2.61. The van der Waals surface area contributed by atoms with Crippen molar-refractivity contribution >= 4 is 11.6 Å². The molecule has 0 saturated heterocycles. The van der Waals surface area contributed by atoms with Gasteiger partial charge in [0.25, 0.3) is 0 Å². The van der Waals surface area contributed by atoms with Crippen LogP contribution < -0.4 is 0 Å². The zero-order valence-electron chi connectivity index (χ0n) is 6.95. The van der Waals surface area contributed by atoms with E-state index in [1.807, 2.05) is 13.0 Å². The number of aromatic amines is 1. The molecule has 0 spiro atoms. The van der Waals surface area contributed by atoms with E-state index in [1.165, 1.54) is 0 Å². The Morgan fingerprint density at radius 2 is 2.31 bits per heavy atom. The lowest BCUT2D eigenvalue weighted by Crippen LogP contribution is -1.91. The molecule has 0 aliphatic heterocycles. The minimum absolute atomic E-state index is 0.523. The molecule has 0 atom stereocenters. The minimum Gasteiger partial charge on any atom is -0.276 e. The highest BCUT2D eigenvalue weighted by molar-refractivity contribution is 6.32. The van der Waals surface area contributed by atoms with Crippen LogP contribution in [0, 0.1) is 6.92 Å². The third-order valence-electron chi connectivity index (χ3n) is 1.62. The number of rotatable bonds is 1. The lowest BCUT2D eigenvalue weighted by atomic mass is 10.3. The Balaban J connectivity index is 2.57. The average molecular weight is 195 g/mol. The molecule has 0 radical (unpaired) electrons. The monoisotopic (exact) mass is 194 g/mol. The van der Waals surface area contributed by atoms with Gasteiger partial charge in [-0.2, -0.15) is 5.10 Å². The Labute approximate surface area is 80.0 Å². The molecular formula is C8H7ClN4. The van der Waals surface area contributed by atoms with Crippen LogP contribution in [-0.4, -0.2) is 20.2 Å². The van der Waals surface area contributed by atoms with E-state index in [2.05, 4.69) is 20.2 Å². The normalized spacial score (nSPS) is 10.3. The second kappa shape index (κ2) is 3.14. The van der Waals surface area contributed by atoms with Gasteiger partial charge in [-0.1, -0.05) is 11.6 Å². The number of aryl methyl sites for hydroxylation is 1. The Bertz CT molecular complexity index is 410.